The molecule has 0 heterocycles. The molecule has 1 rings (SSSR count). The zero-order chi connectivity index (χ0) is 9.68. The van der Waals surface area contributed by atoms with Crippen LogP contribution in [-0.4, -0.2) is 11.2 Å². The quantitative estimate of drug-likeness (QED) is 0.739. The first-order valence-electron chi connectivity index (χ1n) is 4.94. The van der Waals surface area contributed by atoms with E-state index in [2.05, 4.69) is 13.0 Å². The van der Waals surface area contributed by atoms with Gasteiger partial charge in [-0.15, -0.1) is 0 Å². The maximum absolute atomic E-state index is 9.58. The first-order chi connectivity index (χ1) is 6.22. The summed E-state index contributed by atoms with van der Waals surface area (Å²) in [6.07, 6.45) is 9.68. The van der Waals surface area contributed by atoms with Gasteiger partial charge in [0.25, 0.3) is 0 Å². The third kappa shape index (κ3) is 3.97. The SMILES string of the molecule is CCCC(O)CC1C=CC(Cl)=CC1. The average Bonchev–Trinajstić information content (AvgIpc) is 2.09. The first kappa shape index (κ1) is 10.8. The highest BCUT2D eigenvalue weighted by molar-refractivity contribution is 6.31. The molecule has 1 nitrogen and oxygen atoms in total. The van der Waals surface area contributed by atoms with Gasteiger partial charge in [0.05, 0.1) is 6.10 Å². The minimum atomic E-state index is -0.148. The molecule has 2 unspecified atom stereocenters. The molecule has 0 saturated heterocycles. The van der Waals surface area contributed by atoms with E-state index in [9.17, 15) is 5.11 Å². The molecule has 0 fully saturated rings. The van der Waals surface area contributed by atoms with Crippen molar-refractivity contribution in [3.8, 4) is 0 Å². The summed E-state index contributed by atoms with van der Waals surface area (Å²) in [6.45, 7) is 2.09. The number of rotatable bonds is 4. The Morgan fingerprint density at radius 3 is 3.00 bits per heavy atom. The summed E-state index contributed by atoms with van der Waals surface area (Å²) in [5, 5.41) is 10.4. The molecule has 0 spiro atoms. The number of hydrogen-bond donors (Lipinski definition) is 1. The summed E-state index contributed by atoms with van der Waals surface area (Å²) < 4.78 is 0. The lowest BCUT2D eigenvalue weighted by Crippen LogP contribution is -2.12. The van der Waals surface area contributed by atoms with Crippen LogP contribution in [0.4, 0.5) is 0 Å². The summed E-state index contributed by atoms with van der Waals surface area (Å²) in [6, 6.07) is 0. The van der Waals surface area contributed by atoms with Gasteiger partial charge >= 0.3 is 0 Å². The number of aliphatic hydroxyl groups excluding tert-OH is 1. The fourth-order valence-electron chi connectivity index (χ4n) is 1.61. The molecule has 2 atom stereocenters. The van der Waals surface area contributed by atoms with E-state index in [4.69, 9.17) is 11.6 Å². The average molecular weight is 201 g/mol. The highest BCUT2D eigenvalue weighted by Crippen LogP contribution is 2.23. The van der Waals surface area contributed by atoms with E-state index in [1.54, 1.807) is 0 Å². The smallest absolute Gasteiger partial charge is 0.0545 e. The second-order valence-electron chi connectivity index (χ2n) is 3.62. The van der Waals surface area contributed by atoms with Crippen LogP contribution in [0.15, 0.2) is 23.3 Å². The van der Waals surface area contributed by atoms with E-state index < -0.39 is 0 Å². The zero-order valence-electron chi connectivity index (χ0n) is 8.04. The van der Waals surface area contributed by atoms with E-state index in [1.807, 2.05) is 12.2 Å². The number of hydrogen-bond acceptors (Lipinski definition) is 1. The van der Waals surface area contributed by atoms with Crippen LogP contribution < -0.4 is 0 Å². The van der Waals surface area contributed by atoms with Gasteiger partial charge in [0, 0.05) is 5.03 Å². The van der Waals surface area contributed by atoms with E-state index >= 15 is 0 Å². The summed E-state index contributed by atoms with van der Waals surface area (Å²) >= 11 is 5.79. The Kier molecular flexibility index (Phi) is 4.54. The van der Waals surface area contributed by atoms with E-state index in [-0.39, 0.29) is 6.10 Å². The molecule has 0 aromatic heterocycles. The maximum atomic E-state index is 9.58. The Bertz CT molecular complexity index is 208. The predicted octanol–water partition coefficient (Wildman–Crippen LogP) is 3.24. The Balaban J connectivity index is 2.28. The van der Waals surface area contributed by atoms with Crippen LogP contribution in [0.25, 0.3) is 0 Å². The van der Waals surface area contributed by atoms with Crippen LogP contribution in [0.5, 0.6) is 0 Å². The largest absolute Gasteiger partial charge is 0.393 e. The van der Waals surface area contributed by atoms with E-state index in [1.165, 1.54) is 0 Å². The summed E-state index contributed by atoms with van der Waals surface area (Å²) in [5.41, 5.74) is 0. The van der Waals surface area contributed by atoms with Gasteiger partial charge in [0.2, 0.25) is 0 Å². The number of aliphatic hydroxyl groups is 1. The van der Waals surface area contributed by atoms with Crippen molar-refractivity contribution in [2.45, 2.75) is 38.7 Å². The summed E-state index contributed by atoms with van der Waals surface area (Å²) in [4.78, 5) is 0. The fraction of sp³-hybridized carbons (Fsp3) is 0.636. The van der Waals surface area contributed by atoms with Gasteiger partial charge < -0.3 is 5.11 Å². The molecular formula is C11H17ClO. The van der Waals surface area contributed by atoms with Gasteiger partial charge in [-0.3, -0.25) is 0 Å². The molecule has 1 aliphatic carbocycles. The van der Waals surface area contributed by atoms with Gasteiger partial charge in [0.15, 0.2) is 0 Å². The molecule has 74 valence electrons. The molecular weight excluding hydrogens is 184 g/mol. The van der Waals surface area contributed by atoms with Crippen molar-refractivity contribution in [3.63, 3.8) is 0 Å². The molecule has 0 radical (unpaired) electrons. The second-order valence-corrected chi connectivity index (χ2v) is 4.06. The second kappa shape index (κ2) is 5.46. The Morgan fingerprint density at radius 2 is 2.46 bits per heavy atom. The highest BCUT2D eigenvalue weighted by atomic mass is 35.5. The van der Waals surface area contributed by atoms with Crippen molar-refractivity contribution in [1.29, 1.82) is 0 Å². The maximum Gasteiger partial charge on any atom is 0.0545 e. The lowest BCUT2D eigenvalue weighted by Gasteiger charge is -2.17. The van der Waals surface area contributed by atoms with Crippen molar-refractivity contribution < 1.29 is 5.11 Å². The molecule has 2 heteroatoms. The molecule has 0 aliphatic heterocycles. The summed E-state index contributed by atoms with van der Waals surface area (Å²) in [5.74, 6) is 0.476. The number of allylic oxidation sites excluding steroid dienone is 4. The zero-order valence-corrected chi connectivity index (χ0v) is 8.80. The van der Waals surface area contributed by atoms with Crippen molar-refractivity contribution in [3.05, 3.63) is 23.3 Å². The molecule has 0 aromatic rings. The first-order valence-corrected chi connectivity index (χ1v) is 5.32. The topological polar surface area (TPSA) is 20.2 Å². The monoisotopic (exact) mass is 200 g/mol. The van der Waals surface area contributed by atoms with Crippen LogP contribution in [0.3, 0.4) is 0 Å². The third-order valence-corrected chi connectivity index (χ3v) is 2.62. The van der Waals surface area contributed by atoms with Gasteiger partial charge in [-0.1, -0.05) is 37.1 Å². The molecule has 0 saturated carbocycles. The third-order valence-electron chi connectivity index (χ3n) is 2.34. The number of halogens is 1. The van der Waals surface area contributed by atoms with Crippen LogP contribution in [0.1, 0.15) is 32.6 Å². The fourth-order valence-corrected chi connectivity index (χ4v) is 1.78. The predicted molar refractivity (Wildman–Crippen MR) is 56.7 cm³/mol. The molecule has 1 aliphatic rings. The molecule has 1 N–H and O–H groups in total. The van der Waals surface area contributed by atoms with Gasteiger partial charge in [-0.2, -0.15) is 0 Å². The minimum Gasteiger partial charge on any atom is -0.393 e. The molecule has 0 aromatic carbocycles. The summed E-state index contributed by atoms with van der Waals surface area (Å²) in [7, 11) is 0. The lowest BCUT2D eigenvalue weighted by atomic mass is 9.93. The molecule has 0 amide bonds. The van der Waals surface area contributed by atoms with Crippen LogP contribution in [-0.2, 0) is 0 Å². The Morgan fingerprint density at radius 1 is 1.69 bits per heavy atom. The van der Waals surface area contributed by atoms with Crippen LogP contribution >= 0.6 is 11.6 Å². The Labute approximate surface area is 85.1 Å². The van der Waals surface area contributed by atoms with Gasteiger partial charge in [0.1, 0.15) is 0 Å². The molecule has 0 bridgehead atoms. The van der Waals surface area contributed by atoms with E-state index in [0.717, 1.165) is 30.7 Å². The van der Waals surface area contributed by atoms with Crippen molar-refractivity contribution >= 4 is 11.6 Å². The van der Waals surface area contributed by atoms with Crippen LogP contribution in [0, 0.1) is 5.92 Å². The van der Waals surface area contributed by atoms with E-state index in [0.29, 0.717) is 5.92 Å². The van der Waals surface area contributed by atoms with Crippen molar-refractivity contribution in [2.24, 2.45) is 5.92 Å². The van der Waals surface area contributed by atoms with Crippen molar-refractivity contribution in [2.75, 3.05) is 0 Å². The normalized spacial score (nSPS) is 24.2. The van der Waals surface area contributed by atoms with Gasteiger partial charge in [-0.25, -0.2) is 0 Å². The standard InChI is InChI=1S/C11H17ClO/c1-2-3-11(13)8-9-4-6-10(12)7-5-9/h4,6-7,9,11,13H,2-3,5,8H2,1H3. The Hall–Kier alpha value is -0.270. The lowest BCUT2D eigenvalue weighted by molar-refractivity contribution is 0.140. The molecule has 13 heavy (non-hydrogen) atoms. The van der Waals surface area contributed by atoms with Crippen LogP contribution in [0.2, 0.25) is 0 Å². The van der Waals surface area contributed by atoms with Gasteiger partial charge in [-0.05, 0) is 31.3 Å². The highest BCUT2D eigenvalue weighted by Gasteiger charge is 2.12. The van der Waals surface area contributed by atoms with Crippen molar-refractivity contribution in [1.82, 2.24) is 0 Å². The minimum absolute atomic E-state index is 0.148.